The number of aliphatic hydroxyl groups excluding tert-OH is 1. The molecule has 1 saturated heterocycles. The topological polar surface area (TPSA) is 93.4 Å². The van der Waals surface area contributed by atoms with Crippen molar-refractivity contribution < 1.29 is 19.0 Å². The van der Waals surface area contributed by atoms with Crippen LogP contribution in [0.3, 0.4) is 0 Å². The molecule has 142 valence electrons. The number of carbonyl (C=O) groups is 1. The Morgan fingerprint density at radius 2 is 2.11 bits per heavy atom. The number of cyclic esters (lactones) is 1. The van der Waals surface area contributed by atoms with Crippen LogP contribution < -0.4 is 4.90 Å². The van der Waals surface area contributed by atoms with Gasteiger partial charge in [-0.2, -0.15) is 0 Å². The van der Waals surface area contributed by atoms with Gasteiger partial charge in [0.1, 0.15) is 18.5 Å². The number of hydrogen-bond acceptors (Lipinski definition) is 6. The fourth-order valence-corrected chi connectivity index (χ4v) is 3.78. The molecule has 4 heterocycles. The number of amides is 1. The van der Waals surface area contributed by atoms with E-state index in [0.717, 1.165) is 22.4 Å². The van der Waals surface area contributed by atoms with Gasteiger partial charge in [-0.3, -0.25) is 4.90 Å². The average Bonchev–Trinajstić information content (AvgIpc) is 3.42. The maximum Gasteiger partial charge on any atom is 0.415 e. The van der Waals surface area contributed by atoms with Gasteiger partial charge in [-0.25, -0.2) is 18.9 Å². The van der Waals surface area contributed by atoms with E-state index in [4.69, 9.17) is 4.74 Å². The highest BCUT2D eigenvalue weighted by Gasteiger charge is 2.47. The van der Waals surface area contributed by atoms with Crippen molar-refractivity contribution in [3.63, 3.8) is 0 Å². The summed E-state index contributed by atoms with van der Waals surface area (Å²) >= 11 is 0. The Labute approximate surface area is 159 Å². The highest BCUT2D eigenvalue weighted by Crippen LogP contribution is 2.40. The van der Waals surface area contributed by atoms with Crippen LogP contribution in [-0.4, -0.2) is 49.9 Å². The Balaban J connectivity index is 1.43. The van der Waals surface area contributed by atoms with Crippen molar-refractivity contribution in [1.82, 2.24) is 20.0 Å². The molecule has 2 aliphatic rings. The molecule has 5 rings (SSSR count). The minimum absolute atomic E-state index is 0.166. The number of nitrogens with zero attached hydrogens (tertiary/aromatic N) is 5. The van der Waals surface area contributed by atoms with Gasteiger partial charge in [0, 0.05) is 11.8 Å². The summed E-state index contributed by atoms with van der Waals surface area (Å²) in [6.45, 7) is -0.860. The van der Waals surface area contributed by atoms with E-state index in [1.54, 1.807) is 17.2 Å². The molecule has 0 radical (unpaired) electrons. The lowest BCUT2D eigenvalue weighted by Gasteiger charge is -2.14. The maximum absolute atomic E-state index is 12.6. The fourth-order valence-electron chi connectivity index (χ4n) is 3.78. The van der Waals surface area contributed by atoms with Crippen molar-refractivity contribution in [2.75, 3.05) is 11.5 Å². The first-order chi connectivity index (χ1) is 13.7. The van der Waals surface area contributed by atoms with Gasteiger partial charge in [-0.1, -0.05) is 11.3 Å². The number of anilines is 1. The van der Waals surface area contributed by atoms with E-state index >= 15 is 0 Å². The van der Waals surface area contributed by atoms with E-state index in [1.807, 2.05) is 24.3 Å². The number of aliphatic hydroxyl groups is 1. The molecule has 1 aromatic carbocycles. The zero-order valence-corrected chi connectivity index (χ0v) is 14.7. The molecule has 8 nitrogen and oxygen atoms in total. The zero-order chi connectivity index (χ0) is 19.3. The summed E-state index contributed by atoms with van der Waals surface area (Å²) in [5.74, 6) is 0.547. The van der Waals surface area contributed by atoms with Gasteiger partial charge in [-0.05, 0) is 41.8 Å². The molecular formula is C19H16FN5O3. The first kappa shape index (κ1) is 16.8. The van der Waals surface area contributed by atoms with Gasteiger partial charge in [0.15, 0.2) is 5.82 Å². The normalized spacial score (nSPS) is 20.2. The van der Waals surface area contributed by atoms with Crippen LogP contribution in [0.15, 0.2) is 42.7 Å². The molecule has 0 aliphatic carbocycles. The Kier molecular flexibility index (Phi) is 3.83. The van der Waals surface area contributed by atoms with Crippen molar-refractivity contribution in [1.29, 1.82) is 0 Å². The molecule has 28 heavy (non-hydrogen) atoms. The average molecular weight is 381 g/mol. The summed E-state index contributed by atoms with van der Waals surface area (Å²) in [5.41, 5.74) is 3.98. The molecule has 0 bridgehead atoms. The molecule has 1 fully saturated rings. The third kappa shape index (κ3) is 2.55. The lowest BCUT2D eigenvalue weighted by Crippen LogP contribution is -2.34. The van der Waals surface area contributed by atoms with Crippen LogP contribution in [0.5, 0.6) is 0 Å². The molecule has 2 aliphatic heterocycles. The number of halogens is 1. The second-order valence-corrected chi connectivity index (χ2v) is 6.78. The quantitative estimate of drug-likeness (QED) is 0.743. The summed E-state index contributed by atoms with van der Waals surface area (Å²) in [6.07, 6.45) is 2.94. The van der Waals surface area contributed by atoms with E-state index < -0.39 is 18.9 Å². The number of pyridine rings is 1. The largest absolute Gasteiger partial charge is 0.441 e. The van der Waals surface area contributed by atoms with Gasteiger partial charge < -0.3 is 9.84 Å². The van der Waals surface area contributed by atoms with Gasteiger partial charge in [0.05, 0.1) is 24.5 Å². The molecule has 0 saturated carbocycles. The van der Waals surface area contributed by atoms with Gasteiger partial charge >= 0.3 is 6.09 Å². The summed E-state index contributed by atoms with van der Waals surface area (Å²) in [4.78, 5) is 18.1. The van der Waals surface area contributed by atoms with E-state index in [0.29, 0.717) is 12.2 Å². The summed E-state index contributed by atoms with van der Waals surface area (Å²) in [6, 6.07) is 9.37. The number of fused-ring (bicyclic) bond motifs is 3. The number of hydrogen-bond donors (Lipinski definition) is 1. The molecule has 3 aromatic rings. The fraction of sp³-hybridized carbons (Fsp3) is 0.263. The molecule has 0 spiro atoms. The number of rotatable bonds is 4. The van der Waals surface area contributed by atoms with Crippen LogP contribution >= 0.6 is 0 Å². The Morgan fingerprint density at radius 3 is 2.82 bits per heavy atom. The van der Waals surface area contributed by atoms with E-state index in [2.05, 4.69) is 15.3 Å². The monoisotopic (exact) mass is 381 g/mol. The van der Waals surface area contributed by atoms with Crippen molar-refractivity contribution in [2.24, 2.45) is 0 Å². The summed E-state index contributed by atoms with van der Waals surface area (Å²) < 4.78 is 19.3. The number of benzene rings is 1. The molecule has 2 aromatic heterocycles. The number of aromatic nitrogens is 4. The first-order valence-electron chi connectivity index (χ1n) is 8.85. The van der Waals surface area contributed by atoms with Crippen LogP contribution in [0, 0.1) is 0 Å². The van der Waals surface area contributed by atoms with Gasteiger partial charge in [0.25, 0.3) is 0 Å². The minimum atomic E-state index is -0.671. The highest BCUT2D eigenvalue weighted by molar-refractivity contribution is 5.94. The van der Waals surface area contributed by atoms with Crippen LogP contribution in [-0.2, 0) is 17.8 Å². The number of ether oxygens (including phenoxy) is 1. The van der Waals surface area contributed by atoms with E-state index in [1.165, 1.54) is 10.9 Å². The predicted octanol–water partition coefficient (Wildman–Crippen LogP) is 2.04. The molecule has 2 atom stereocenters. The van der Waals surface area contributed by atoms with Gasteiger partial charge in [0.2, 0.25) is 0 Å². The van der Waals surface area contributed by atoms with Crippen LogP contribution in [0.1, 0.15) is 11.3 Å². The van der Waals surface area contributed by atoms with Gasteiger partial charge in [-0.15, -0.1) is 5.10 Å². The van der Waals surface area contributed by atoms with E-state index in [9.17, 15) is 14.3 Å². The SMILES string of the molecule is O=C1OC(CO)C2Cc3cc(-c4ccc(-n5cc(CF)nn5)nc4)ccc3N12. The van der Waals surface area contributed by atoms with Crippen molar-refractivity contribution in [3.05, 3.63) is 54.0 Å². The molecular weight excluding hydrogens is 365 g/mol. The van der Waals surface area contributed by atoms with Crippen LogP contribution in [0.4, 0.5) is 14.9 Å². The van der Waals surface area contributed by atoms with E-state index in [-0.39, 0.29) is 18.3 Å². The maximum atomic E-state index is 12.6. The second-order valence-electron chi connectivity index (χ2n) is 6.78. The standard InChI is InChI=1S/C19H16FN5O3/c20-7-14-9-24(23-22-14)18-4-2-12(8-21-18)11-1-3-15-13(5-11)6-16-17(10-26)28-19(27)25(15)16/h1-5,8-9,16-17,26H,6-7,10H2. The lowest BCUT2D eigenvalue weighted by molar-refractivity contribution is 0.0830. The molecule has 2 unspecified atom stereocenters. The minimum Gasteiger partial charge on any atom is -0.441 e. The van der Waals surface area contributed by atoms with Crippen molar-refractivity contribution in [2.45, 2.75) is 25.2 Å². The molecule has 9 heteroatoms. The first-order valence-corrected chi connectivity index (χ1v) is 8.85. The summed E-state index contributed by atoms with van der Waals surface area (Å²) in [7, 11) is 0. The summed E-state index contributed by atoms with van der Waals surface area (Å²) in [5, 5.41) is 17.0. The van der Waals surface area contributed by atoms with Crippen LogP contribution in [0.2, 0.25) is 0 Å². The third-order valence-electron chi connectivity index (χ3n) is 5.15. The molecule has 1 amide bonds. The third-order valence-corrected chi connectivity index (χ3v) is 5.15. The predicted molar refractivity (Wildman–Crippen MR) is 96.7 cm³/mol. The lowest BCUT2D eigenvalue weighted by atomic mass is 10.0. The smallest absolute Gasteiger partial charge is 0.415 e. The Morgan fingerprint density at radius 1 is 1.25 bits per heavy atom. The van der Waals surface area contributed by atoms with Crippen molar-refractivity contribution in [3.8, 4) is 16.9 Å². The Bertz CT molecular complexity index is 1050. The number of carbonyl (C=O) groups excluding carboxylic acids is 1. The van der Waals surface area contributed by atoms with Crippen molar-refractivity contribution >= 4 is 11.8 Å². The Hall–Kier alpha value is -3.33. The highest BCUT2D eigenvalue weighted by atomic mass is 19.1. The van der Waals surface area contributed by atoms with Crippen LogP contribution in [0.25, 0.3) is 16.9 Å². The second kappa shape index (κ2) is 6.38. The molecule has 1 N–H and O–H groups in total. The zero-order valence-electron chi connectivity index (χ0n) is 14.7. The number of alkyl halides is 1.